The number of likely N-dealkylation sites (N-methyl/N-ethyl adjacent to an activating group) is 1. The summed E-state index contributed by atoms with van der Waals surface area (Å²) in [5, 5.41) is 8.57. The molecule has 0 heterocycles. The lowest BCUT2D eigenvalue weighted by atomic mass is 10.3. The molecule has 0 radical (unpaired) electrons. The van der Waals surface area contributed by atoms with Gasteiger partial charge < -0.3 is 14.7 Å². The Labute approximate surface area is 69.0 Å². The Morgan fingerprint density at radius 2 is 2.18 bits per heavy atom. The third-order valence-electron chi connectivity index (χ3n) is 1.83. The van der Waals surface area contributed by atoms with Crippen LogP contribution >= 0.6 is 0 Å². The molecule has 0 aliphatic carbocycles. The summed E-state index contributed by atoms with van der Waals surface area (Å²) in [6, 6.07) is 0.437. The third kappa shape index (κ3) is 5.18. The van der Waals surface area contributed by atoms with Crippen molar-refractivity contribution in [1.82, 2.24) is 4.90 Å². The Morgan fingerprint density at radius 1 is 1.55 bits per heavy atom. The number of hydrogen-bond donors (Lipinski definition) is 1. The van der Waals surface area contributed by atoms with Gasteiger partial charge in [0.05, 0.1) is 6.61 Å². The number of ether oxygens (including phenoxy) is 1. The van der Waals surface area contributed by atoms with Crippen LogP contribution in [0.4, 0.5) is 0 Å². The molecule has 0 aromatic heterocycles. The Bertz CT molecular complexity index is 88.2. The number of hydrogen-bond acceptors (Lipinski definition) is 3. The van der Waals surface area contributed by atoms with Crippen LogP contribution in [-0.4, -0.2) is 50.0 Å². The Morgan fingerprint density at radius 3 is 2.64 bits per heavy atom. The van der Waals surface area contributed by atoms with Crippen LogP contribution in [0, 0.1) is 0 Å². The van der Waals surface area contributed by atoms with Crippen molar-refractivity contribution in [1.29, 1.82) is 0 Å². The number of aliphatic hydroxyl groups is 1. The van der Waals surface area contributed by atoms with Gasteiger partial charge in [-0.05, 0) is 20.4 Å². The summed E-state index contributed by atoms with van der Waals surface area (Å²) in [7, 11) is 3.75. The van der Waals surface area contributed by atoms with Gasteiger partial charge in [-0.1, -0.05) is 0 Å². The van der Waals surface area contributed by atoms with Crippen molar-refractivity contribution in [3.8, 4) is 0 Å². The second-order valence-corrected chi connectivity index (χ2v) is 2.86. The first-order valence-corrected chi connectivity index (χ1v) is 4.02. The van der Waals surface area contributed by atoms with Gasteiger partial charge in [0.15, 0.2) is 0 Å². The molecular weight excluding hydrogens is 142 g/mol. The number of nitrogens with zero attached hydrogens (tertiary/aromatic N) is 1. The highest BCUT2D eigenvalue weighted by molar-refractivity contribution is 4.61. The van der Waals surface area contributed by atoms with Crippen LogP contribution in [0.1, 0.15) is 13.3 Å². The predicted molar refractivity (Wildman–Crippen MR) is 45.7 cm³/mol. The molecule has 3 heteroatoms. The van der Waals surface area contributed by atoms with Gasteiger partial charge in [-0.3, -0.25) is 0 Å². The fraction of sp³-hybridized carbons (Fsp3) is 1.00. The molecule has 0 aliphatic heterocycles. The fourth-order valence-electron chi connectivity index (χ4n) is 0.909. The Hall–Kier alpha value is -0.120. The van der Waals surface area contributed by atoms with Gasteiger partial charge in [-0.15, -0.1) is 0 Å². The molecule has 0 fully saturated rings. The zero-order valence-corrected chi connectivity index (χ0v) is 7.71. The average Bonchev–Trinajstić information content (AvgIpc) is 2.00. The van der Waals surface area contributed by atoms with Gasteiger partial charge in [0.2, 0.25) is 0 Å². The maximum absolute atomic E-state index is 8.57. The van der Waals surface area contributed by atoms with E-state index in [0.29, 0.717) is 6.04 Å². The van der Waals surface area contributed by atoms with Gasteiger partial charge in [0, 0.05) is 26.3 Å². The first-order chi connectivity index (χ1) is 5.22. The maximum atomic E-state index is 8.57. The van der Waals surface area contributed by atoms with E-state index in [1.807, 2.05) is 7.05 Å². The molecule has 3 nitrogen and oxygen atoms in total. The molecule has 68 valence electrons. The second-order valence-electron chi connectivity index (χ2n) is 2.86. The van der Waals surface area contributed by atoms with E-state index in [1.54, 1.807) is 7.11 Å². The van der Waals surface area contributed by atoms with Gasteiger partial charge in [0.25, 0.3) is 0 Å². The van der Waals surface area contributed by atoms with E-state index >= 15 is 0 Å². The van der Waals surface area contributed by atoms with Crippen LogP contribution in [-0.2, 0) is 4.74 Å². The van der Waals surface area contributed by atoms with Crippen molar-refractivity contribution in [2.45, 2.75) is 19.4 Å². The molecule has 0 aliphatic rings. The first-order valence-electron chi connectivity index (χ1n) is 4.02. The summed E-state index contributed by atoms with van der Waals surface area (Å²) in [5.41, 5.74) is 0. The molecule has 0 amide bonds. The highest BCUT2D eigenvalue weighted by Gasteiger charge is 2.06. The normalized spacial score (nSPS) is 13.9. The van der Waals surface area contributed by atoms with Crippen molar-refractivity contribution in [2.75, 3.05) is 33.9 Å². The molecule has 0 aromatic carbocycles. The summed E-state index contributed by atoms with van der Waals surface area (Å²) in [6.45, 7) is 4.06. The van der Waals surface area contributed by atoms with Gasteiger partial charge in [-0.25, -0.2) is 0 Å². The van der Waals surface area contributed by atoms with Crippen LogP contribution in [0.25, 0.3) is 0 Å². The summed E-state index contributed by atoms with van der Waals surface area (Å²) in [4.78, 5) is 2.18. The van der Waals surface area contributed by atoms with Crippen molar-refractivity contribution < 1.29 is 9.84 Å². The minimum atomic E-state index is 0.268. The Balaban J connectivity index is 3.38. The largest absolute Gasteiger partial charge is 0.396 e. The number of methoxy groups -OCH3 is 1. The highest BCUT2D eigenvalue weighted by atomic mass is 16.5. The molecule has 0 spiro atoms. The van der Waals surface area contributed by atoms with E-state index in [4.69, 9.17) is 9.84 Å². The van der Waals surface area contributed by atoms with E-state index in [-0.39, 0.29) is 6.61 Å². The lowest BCUT2D eigenvalue weighted by molar-refractivity contribution is 0.111. The summed E-state index contributed by atoms with van der Waals surface area (Å²) in [6.07, 6.45) is 0.838. The first kappa shape index (κ1) is 10.9. The standard InChI is InChI=1S/C8H19NO2/c1-8(7-11-3)9(2)5-4-6-10/h8,10H,4-7H2,1-3H3. The van der Waals surface area contributed by atoms with Crippen molar-refractivity contribution in [3.05, 3.63) is 0 Å². The molecule has 0 saturated carbocycles. The minimum absolute atomic E-state index is 0.268. The van der Waals surface area contributed by atoms with Crippen LogP contribution < -0.4 is 0 Å². The Kier molecular flexibility index (Phi) is 6.51. The summed E-state index contributed by atoms with van der Waals surface area (Å²) >= 11 is 0. The predicted octanol–water partition coefficient (Wildman–Crippen LogP) is 0.336. The second kappa shape index (κ2) is 6.58. The topological polar surface area (TPSA) is 32.7 Å². The van der Waals surface area contributed by atoms with E-state index in [9.17, 15) is 0 Å². The van der Waals surface area contributed by atoms with Crippen LogP contribution in [0.2, 0.25) is 0 Å². The third-order valence-corrected chi connectivity index (χ3v) is 1.83. The monoisotopic (exact) mass is 161 g/mol. The van der Waals surface area contributed by atoms with E-state index in [0.717, 1.165) is 19.6 Å². The van der Waals surface area contributed by atoms with Gasteiger partial charge >= 0.3 is 0 Å². The SMILES string of the molecule is COCC(C)N(C)CCCO. The summed E-state index contributed by atoms with van der Waals surface area (Å²) in [5.74, 6) is 0. The van der Waals surface area contributed by atoms with Crippen molar-refractivity contribution in [2.24, 2.45) is 0 Å². The molecular formula is C8H19NO2. The fourth-order valence-corrected chi connectivity index (χ4v) is 0.909. The van der Waals surface area contributed by atoms with Gasteiger partial charge in [-0.2, -0.15) is 0 Å². The quantitative estimate of drug-likeness (QED) is 0.609. The molecule has 0 aromatic rings. The smallest absolute Gasteiger partial charge is 0.0615 e. The van der Waals surface area contributed by atoms with Crippen LogP contribution in [0.5, 0.6) is 0 Å². The highest BCUT2D eigenvalue weighted by Crippen LogP contribution is 1.96. The molecule has 0 bridgehead atoms. The lowest BCUT2D eigenvalue weighted by Gasteiger charge is -2.23. The number of aliphatic hydroxyl groups excluding tert-OH is 1. The minimum Gasteiger partial charge on any atom is -0.396 e. The maximum Gasteiger partial charge on any atom is 0.0615 e. The van der Waals surface area contributed by atoms with E-state index < -0.39 is 0 Å². The number of rotatable bonds is 6. The molecule has 0 rings (SSSR count). The zero-order valence-electron chi connectivity index (χ0n) is 7.71. The molecule has 11 heavy (non-hydrogen) atoms. The average molecular weight is 161 g/mol. The summed E-state index contributed by atoms with van der Waals surface area (Å²) < 4.78 is 5.00. The van der Waals surface area contributed by atoms with Crippen LogP contribution in [0.3, 0.4) is 0 Å². The molecule has 1 atom stereocenters. The van der Waals surface area contributed by atoms with Crippen molar-refractivity contribution in [3.63, 3.8) is 0 Å². The van der Waals surface area contributed by atoms with Crippen LogP contribution in [0.15, 0.2) is 0 Å². The van der Waals surface area contributed by atoms with E-state index in [1.165, 1.54) is 0 Å². The van der Waals surface area contributed by atoms with Gasteiger partial charge in [0.1, 0.15) is 0 Å². The zero-order chi connectivity index (χ0) is 8.69. The van der Waals surface area contributed by atoms with Crippen molar-refractivity contribution >= 4 is 0 Å². The van der Waals surface area contributed by atoms with E-state index in [2.05, 4.69) is 11.8 Å². The molecule has 1 N–H and O–H groups in total. The lowest BCUT2D eigenvalue weighted by Crippen LogP contribution is -2.33. The molecule has 1 unspecified atom stereocenters. The molecule has 0 saturated heterocycles.